The van der Waals surface area contributed by atoms with E-state index in [1.807, 2.05) is 6.92 Å². The molecule has 0 radical (unpaired) electrons. The zero-order chi connectivity index (χ0) is 14.9. The first-order valence-electron chi connectivity index (χ1n) is 5.96. The molecule has 1 aromatic heterocycles. The summed E-state index contributed by atoms with van der Waals surface area (Å²) in [4.78, 5) is 11.1. The van der Waals surface area contributed by atoms with E-state index in [1.165, 1.54) is 7.11 Å². The van der Waals surface area contributed by atoms with Gasteiger partial charge < -0.3 is 9.47 Å². The molecule has 0 amide bonds. The fourth-order valence-electron chi connectivity index (χ4n) is 2.07. The van der Waals surface area contributed by atoms with Crippen LogP contribution in [0, 0.1) is 13.8 Å². The highest BCUT2D eigenvalue weighted by atomic mass is 35.5. The minimum atomic E-state index is 0.449. The van der Waals surface area contributed by atoms with Gasteiger partial charge in [-0.3, -0.25) is 4.79 Å². The summed E-state index contributed by atoms with van der Waals surface area (Å²) in [6, 6.07) is 3.39. The van der Waals surface area contributed by atoms with Crippen LogP contribution in [-0.4, -0.2) is 30.3 Å². The Hall–Kier alpha value is -2.01. The van der Waals surface area contributed by atoms with Crippen LogP contribution in [-0.2, 0) is 0 Å². The van der Waals surface area contributed by atoms with Crippen molar-refractivity contribution >= 4 is 17.9 Å². The molecular weight excluding hydrogens is 280 g/mol. The largest absolute Gasteiger partial charge is 0.495 e. The van der Waals surface area contributed by atoms with Crippen LogP contribution in [0.1, 0.15) is 21.7 Å². The van der Waals surface area contributed by atoms with E-state index in [4.69, 9.17) is 21.1 Å². The molecule has 6 heteroatoms. The minimum Gasteiger partial charge on any atom is -0.495 e. The molecule has 0 spiro atoms. The van der Waals surface area contributed by atoms with Gasteiger partial charge in [-0.15, -0.1) is 0 Å². The lowest BCUT2D eigenvalue weighted by atomic mass is 10.2. The van der Waals surface area contributed by atoms with Gasteiger partial charge in [0.2, 0.25) is 0 Å². The van der Waals surface area contributed by atoms with Gasteiger partial charge in [-0.2, -0.15) is 5.10 Å². The number of carbonyl (C=O) groups excluding carboxylic acids is 1. The van der Waals surface area contributed by atoms with Crippen LogP contribution >= 0.6 is 11.6 Å². The summed E-state index contributed by atoms with van der Waals surface area (Å²) in [5.41, 5.74) is 2.64. The van der Waals surface area contributed by atoms with Gasteiger partial charge in [0.05, 0.1) is 36.2 Å². The van der Waals surface area contributed by atoms with E-state index in [0.29, 0.717) is 33.5 Å². The molecule has 20 heavy (non-hydrogen) atoms. The number of hydrogen-bond donors (Lipinski definition) is 0. The van der Waals surface area contributed by atoms with E-state index >= 15 is 0 Å². The van der Waals surface area contributed by atoms with E-state index in [-0.39, 0.29) is 0 Å². The van der Waals surface area contributed by atoms with Crippen LogP contribution in [0.15, 0.2) is 12.1 Å². The average molecular weight is 295 g/mol. The van der Waals surface area contributed by atoms with E-state index in [0.717, 1.165) is 12.0 Å². The van der Waals surface area contributed by atoms with Crippen LogP contribution in [0.25, 0.3) is 5.69 Å². The molecule has 0 aliphatic rings. The molecule has 0 aliphatic carbocycles. The molecule has 0 saturated heterocycles. The highest BCUT2D eigenvalue weighted by Crippen LogP contribution is 2.35. The van der Waals surface area contributed by atoms with E-state index in [9.17, 15) is 4.79 Å². The molecule has 5 nitrogen and oxygen atoms in total. The molecule has 0 aliphatic heterocycles. The van der Waals surface area contributed by atoms with E-state index < -0.39 is 0 Å². The van der Waals surface area contributed by atoms with Crippen molar-refractivity contribution in [2.45, 2.75) is 13.8 Å². The first kappa shape index (κ1) is 14.4. The van der Waals surface area contributed by atoms with Crippen molar-refractivity contribution in [2.24, 2.45) is 0 Å². The van der Waals surface area contributed by atoms with Crippen molar-refractivity contribution in [2.75, 3.05) is 14.2 Å². The molecule has 0 saturated carbocycles. The predicted molar refractivity (Wildman–Crippen MR) is 76.5 cm³/mol. The maximum absolute atomic E-state index is 11.1. The van der Waals surface area contributed by atoms with Gasteiger partial charge in [0.1, 0.15) is 17.2 Å². The van der Waals surface area contributed by atoms with Crippen molar-refractivity contribution in [1.82, 2.24) is 9.78 Å². The Morgan fingerprint density at radius 3 is 2.35 bits per heavy atom. The van der Waals surface area contributed by atoms with Crippen molar-refractivity contribution in [3.63, 3.8) is 0 Å². The summed E-state index contributed by atoms with van der Waals surface area (Å²) in [5.74, 6) is 1.07. The SMILES string of the molecule is COc1cc(-n2nc(C)c(C=O)c2C)c(OC)cc1Cl. The van der Waals surface area contributed by atoms with Crippen LogP contribution < -0.4 is 9.47 Å². The van der Waals surface area contributed by atoms with Gasteiger partial charge in [-0.05, 0) is 13.8 Å². The molecule has 0 fully saturated rings. The Labute approximate surface area is 122 Å². The molecule has 2 rings (SSSR count). The number of benzene rings is 1. The molecule has 0 unspecified atom stereocenters. The van der Waals surface area contributed by atoms with E-state index in [1.54, 1.807) is 30.8 Å². The number of ether oxygens (including phenoxy) is 2. The maximum Gasteiger partial charge on any atom is 0.153 e. The first-order chi connectivity index (χ1) is 9.53. The number of hydrogen-bond acceptors (Lipinski definition) is 4. The standard InChI is InChI=1S/C14H15ClN2O3/c1-8-10(7-18)9(2)17(16-8)12-6-13(19-3)11(15)5-14(12)20-4/h5-7H,1-4H3. The Kier molecular flexibility index (Phi) is 3.99. The first-order valence-corrected chi connectivity index (χ1v) is 6.34. The summed E-state index contributed by atoms with van der Waals surface area (Å²) in [7, 11) is 3.09. The molecule has 1 aromatic carbocycles. The smallest absolute Gasteiger partial charge is 0.153 e. The summed E-state index contributed by atoms with van der Waals surface area (Å²) in [5, 5.41) is 4.82. The molecule has 0 atom stereocenters. The number of aryl methyl sites for hydroxylation is 1. The van der Waals surface area contributed by atoms with Crippen molar-refractivity contribution in [1.29, 1.82) is 0 Å². The number of rotatable bonds is 4. The number of aromatic nitrogens is 2. The zero-order valence-corrected chi connectivity index (χ0v) is 12.5. The van der Waals surface area contributed by atoms with Crippen LogP contribution in [0.3, 0.4) is 0 Å². The molecule has 106 valence electrons. The van der Waals surface area contributed by atoms with Gasteiger partial charge >= 0.3 is 0 Å². The lowest BCUT2D eigenvalue weighted by Gasteiger charge is -2.13. The molecule has 2 aromatic rings. The lowest BCUT2D eigenvalue weighted by molar-refractivity contribution is 0.112. The second-order valence-electron chi connectivity index (χ2n) is 4.27. The van der Waals surface area contributed by atoms with Crippen LogP contribution in [0.4, 0.5) is 0 Å². The highest BCUT2D eigenvalue weighted by Gasteiger charge is 2.17. The van der Waals surface area contributed by atoms with Crippen molar-refractivity contribution < 1.29 is 14.3 Å². The number of methoxy groups -OCH3 is 2. The van der Waals surface area contributed by atoms with Gasteiger partial charge in [0.25, 0.3) is 0 Å². The summed E-state index contributed by atoms with van der Waals surface area (Å²) in [6.07, 6.45) is 0.799. The highest BCUT2D eigenvalue weighted by molar-refractivity contribution is 6.32. The summed E-state index contributed by atoms with van der Waals surface area (Å²) in [6.45, 7) is 3.61. The average Bonchev–Trinajstić information content (AvgIpc) is 2.73. The topological polar surface area (TPSA) is 53.4 Å². The van der Waals surface area contributed by atoms with Crippen LogP contribution in [0.2, 0.25) is 5.02 Å². The van der Waals surface area contributed by atoms with Gasteiger partial charge in [-0.25, -0.2) is 4.68 Å². The summed E-state index contributed by atoms with van der Waals surface area (Å²) >= 11 is 6.08. The monoisotopic (exact) mass is 294 g/mol. The third-order valence-electron chi connectivity index (χ3n) is 3.15. The molecule has 0 bridgehead atoms. The number of carbonyl (C=O) groups is 1. The maximum atomic E-state index is 11.1. The minimum absolute atomic E-state index is 0.449. The molecular formula is C14H15ClN2O3. The van der Waals surface area contributed by atoms with Crippen molar-refractivity contribution in [3.05, 3.63) is 34.1 Å². The number of aldehydes is 1. The van der Waals surface area contributed by atoms with Gasteiger partial charge in [0, 0.05) is 12.1 Å². The molecule has 1 heterocycles. The lowest BCUT2D eigenvalue weighted by Crippen LogP contribution is -2.03. The second-order valence-corrected chi connectivity index (χ2v) is 4.68. The fourth-order valence-corrected chi connectivity index (χ4v) is 2.30. The van der Waals surface area contributed by atoms with Gasteiger partial charge in [0.15, 0.2) is 6.29 Å². The Morgan fingerprint density at radius 2 is 1.85 bits per heavy atom. The van der Waals surface area contributed by atoms with E-state index in [2.05, 4.69) is 5.10 Å². The number of nitrogens with zero attached hydrogens (tertiary/aromatic N) is 2. The zero-order valence-electron chi connectivity index (χ0n) is 11.7. The number of halogens is 1. The van der Waals surface area contributed by atoms with Crippen molar-refractivity contribution in [3.8, 4) is 17.2 Å². The normalized spacial score (nSPS) is 10.4. The summed E-state index contributed by atoms with van der Waals surface area (Å²) < 4.78 is 12.2. The molecule has 0 N–H and O–H groups in total. The Balaban J connectivity index is 2.71. The third kappa shape index (κ3) is 2.25. The fraction of sp³-hybridized carbons (Fsp3) is 0.286. The Morgan fingerprint density at radius 1 is 1.20 bits per heavy atom. The third-order valence-corrected chi connectivity index (χ3v) is 3.44. The van der Waals surface area contributed by atoms with Crippen LogP contribution in [0.5, 0.6) is 11.5 Å². The van der Waals surface area contributed by atoms with Gasteiger partial charge in [-0.1, -0.05) is 11.6 Å². The predicted octanol–water partition coefficient (Wildman–Crippen LogP) is 2.97. The second kappa shape index (κ2) is 5.54. The quantitative estimate of drug-likeness (QED) is 0.814. The Bertz CT molecular complexity index is 665.